The normalized spacial score (nSPS) is 10.9. The Morgan fingerprint density at radius 1 is 1.19 bits per heavy atom. The van der Waals surface area contributed by atoms with E-state index in [0.29, 0.717) is 6.61 Å². The molecule has 0 aliphatic carbocycles. The average molecular weight is 471 g/mol. The lowest BCUT2D eigenvalue weighted by atomic mass is 10.1. The number of guanidine groups is 1. The van der Waals surface area contributed by atoms with Gasteiger partial charge >= 0.3 is 0 Å². The number of para-hydroxylation sites is 1. The molecule has 0 bridgehead atoms. The maximum atomic E-state index is 5.67. The molecule has 0 saturated heterocycles. The summed E-state index contributed by atoms with van der Waals surface area (Å²) in [5.41, 5.74) is 1.21. The summed E-state index contributed by atoms with van der Waals surface area (Å²) < 4.78 is 7.61. The van der Waals surface area contributed by atoms with Gasteiger partial charge in [0, 0.05) is 38.6 Å². The zero-order valence-electron chi connectivity index (χ0n) is 15.6. The quantitative estimate of drug-likeness (QED) is 0.242. The predicted molar refractivity (Wildman–Crippen MR) is 118 cm³/mol. The molecule has 2 rings (SSSR count). The summed E-state index contributed by atoms with van der Waals surface area (Å²) in [6.07, 6.45) is 5.64. The molecule has 2 aromatic rings. The molecule has 0 fully saturated rings. The van der Waals surface area contributed by atoms with Gasteiger partial charge in [0.15, 0.2) is 5.96 Å². The molecule has 0 aliphatic rings. The van der Waals surface area contributed by atoms with E-state index in [0.717, 1.165) is 50.7 Å². The molecule has 26 heavy (non-hydrogen) atoms. The summed E-state index contributed by atoms with van der Waals surface area (Å²) in [6, 6.07) is 10.1. The second-order valence-corrected chi connectivity index (χ2v) is 5.60. The second-order valence-electron chi connectivity index (χ2n) is 5.60. The Hall–Kier alpha value is -1.77. The Bertz CT molecular complexity index is 631. The van der Waals surface area contributed by atoms with E-state index in [-0.39, 0.29) is 24.0 Å². The number of hydrogen-bond donors (Lipinski definition) is 2. The largest absolute Gasteiger partial charge is 0.494 e. The van der Waals surface area contributed by atoms with E-state index in [2.05, 4.69) is 33.7 Å². The van der Waals surface area contributed by atoms with Crippen molar-refractivity contribution >= 4 is 29.9 Å². The highest BCUT2D eigenvalue weighted by Gasteiger charge is 2.03. The molecule has 0 radical (unpaired) electrons. The van der Waals surface area contributed by atoms with E-state index < -0.39 is 0 Å². The number of benzene rings is 1. The van der Waals surface area contributed by atoms with Gasteiger partial charge in [0.2, 0.25) is 0 Å². The molecule has 0 unspecified atom stereocenters. The Morgan fingerprint density at radius 3 is 2.77 bits per heavy atom. The van der Waals surface area contributed by atoms with Crippen LogP contribution in [0.1, 0.15) is 25.8 Å². The van der Waals surface area contributed by atoms with Crippen molar-refractivity contribution in [2.24, 2.45) is 4.99 Å². The molecular weight excluding hydrogens is 441 g/mol. The van der Waals surface area contributed by atoms with Gasteiger partial charge in [0.05, 0.1) is 6.61 Å². The first kappa shape index (κ1) is 22.3. The summed E-state index contributed by atoms with van der Waals surface area (Å²) in [7, 11) is 0. The first-order valence-corrected chi connectivity index (χ1v) is 9.03. The molecule has 0 atom stereocenters. The second kappa shape index (κ2) is 13.4. The van der Waals surface area contributed by atoms with Gasteiger partial charge < -0.3 is 15.4 Å². The van der Waals surface area contributed by atoms with Crippen LogP contribution in [0.15, 0.2) is 47.7 Å². The molecule has 6 nitrogen and oxygen atoms in total. The third-order valence-electron chi connectivity index (χ3n) is 3.68. The minimum atomic E-state index is 0. The molecule has 0 amide bonds. The number of nitrogens with one attached hydrogen (secondary N) is 2. The Labute approximate surface area is 173 Å². The number of rotatable bonds is 10. The number of halogens is 1. The van der Waals surface area contributed by atoms with Crippen LogP contribution in [-0.2, 0) is 13.0 Å². The lowest BCUT2D eigenvalue weighted by molar-refractivity contribution is 0.336. The van der Waals surface area contributed by atoms with E-state index in [4.69, 9.17) is 4.74 Å². The summed E-state index contributed by atoms with van der Waals surface area (Å²) in [4.78, 5) is 4.62. The van der Waals surface area contributed by atoms with Crippen LogP contribution in [0.4, 0.5) is 0 Å². The van der Waals surface area contributed by atoms with Crippen molar-refractivity contribution in [3.05, 3.63) is 48.3 Å². The molecular formula is C19H30IN5O. The zero-order chi connectivity index (χ0) is 17.7. The van der Waals surface area contributed by atoms with Crippen LogP contribution >= 0.6 is 24.0 Å². The lowest BCUT2D eigenvalue weighted by Crippen LogP contribution is -2.38. The molecule has 0 aliphatic heterocycles. The number of hydrogen-bond acceptors (Lipinski definition) is 3. The van der Waals surface area contributed by atoms with Crippen molar-refractivity contribution in [3.8, 4) is 5.75 Å². The molecule has 1 heterocycles. The summed E-state index contributed by atoms with van der Waals surface area (Å²) >= 11 is 0. The number of ether oxygens (including phenoxy) is 1. The van der Waals surface area contributed by atoms with Crippen molar-refractivity contribution in [2.75, 3.05) is 26.2 Å². The van der Waals surface area contributed by atoms with Crippen molar-refractivity contribution in [1.29, 1.82) is 0 Å². The molecule has 2 N–H and O–H groups in total. The van der Waals surface area contributed by atoms with Crippen LogP contribution < -0.4 is 15.4 Å². The molecule has 144 valence electrons. The van der Waals surface area contributed by atoms with E-state index in [1.165, 1.54) is 5.56 Å². The molecule has 0 spiro atoms. The van der Waals surface area contributed by atoms with Gasteiger partial charge in [0.1, 0.15) is 5.75 Å². The van der Waals surface area contributed by atoms with Gasteiger partial charge in [0.25, 0.3) is 0 Å². The van der Waals surface area contributed by atoms with Crippen molar-refractivity contribution in [2.45, 2.75) is 33.2 Å². The predicted octanol–water partition coefficient (Wildman–Crippen LogP) is 3.09. The lowest BCUT2D eigenvalue weighted by Gasteiger charge is -2.13. The zero-order valence-corrected chi connectivity index (χ0v) is 18.0. The average Bonchev–Trinajstić information content (AvgIpc) is 3.14. The standard InChI is InChI=1S/C19H29N5O.HI/c1-3-20-19(21-12-7-15-24-16-8-13-23-24)22-14-11-17-9-5-6-10-18(17)25-4-2;/h5-6,8-10,13,16H,3-4,7,11-12,14-15H2,1-2H3,(H2,20,21,22);1H. The van der Waals surface area contributed by atoms with Gasteiger partial charge in [-0.05, 0) is 44.4 Å². The van der Waals surface area contributed by atoms with Crippen LogP contribution in [0.25, 0.3) is 0 Å². The fourth-order valence-electron chi connectivity index (χ4n) is 2.52. The first-order chi connectivity index (χ1) is 12.3. The highest BCUT2D eigenvalue weighted by atomic mass is 127. The van der Waals surface area contributed by atoms with E-state index in [1.54, 1.807) is 6.20 Å². The first-order valence-electron chi connectivity index (χ1n) is 9.03. The highest BCUT2D eigenvalue weighted by molar-refractivity contribution is 14.0. The molecule has 0 saturated carbocycles. The number of aryl methyl sites for hydroxylation is 1. The Balaban J connectivity index is 0.00000338. The van der Waals surface area contributed by atoms with Crippen LogP contribution in [-0.4, -0.2) is 42.0 Å². The summed E-state index contributed by atoms with van der Waals surface area (Å²) in [5, 5.41) is 10.9. The van der Waals surface area contributed by atoms with Crippen LogP contribution in [0, 0.1) is 0 Å². The van der Waals surface area contributed by atoms with Gasteiger partial charge in [-0.15, -0.1) is 24.0 Å². The fraction of sp³-hybridized carbons (Fsp3) is 0.474. The van der Waals surface area contributed by atoms with Crippen molar-refractivity contribution < 1.29 is 4.74 Å². The van der Waals surface area contributed by atoms with Crippen LogP contribution in [0.3, 0.4) is 0 Å². The van der Waals surface area contributed by atoms with E-state index >= 15 is 0 Å². The minimum absolute atomic E-state index is 0. The fourth-order valence-corrected chi connectivity index (χ4v) is 2.52. The van der Waals surface area contributed by atoms with E-state index in [9.17, 15) is 0 Å². The number of aromatic nitrogens is 2. The van der Waals surface area contributed by atoms with Crippen molar-refractivity contribution in [3.63, 3.8) is 0 Å². The molecule has 1 aromatic heterocycles. The smallest absolute Gasteiger partial charge is 0.191 e. The Kier molecular flexibility index (Phi) is 11.5. The topological polar surface area (TPSA) is 63.5 Å². The van der Waals surface area contributed by atoms with Crippen LogP contribution in [0.5, 0.6) is 5.75 Å². The summed E-state index contributed by atoms with van der Waals surface area (Å²) in [6.45, 7) is 8.09. The SMILES string of the molecule is CCNC(=NCCCn1cccn1)NCCc1ccccc1OCC.I. The molecule has 1 aromatic carbocycles. The van der Waals surface area contributed by atoms with E-state index in [1.807, 2.05) is 42.1 Å². The monoisotopic (exact) mass is 471 g/mol. The van der Waals surface area contributed by atoms with Crippen molar-refractivity contribution in [1.82, 2.24) is 20.4 Å². The highest BCUT2D eigenvalue weighted by Crippen LogP contribution is 2.17. The Morgan fingerprint density at radius 2 is 2.04 bits per heavy atom. The maximum Gasteiger partial charge on any atom is 0.191 e. The number of nitrogens with zero attached hydrogens (tertiary/aromatic N) is 3. The maximum absolute atomic E-state index is 5.67. The van der Waals surface area contributed by atoms with Gasteiger partial charge in [-0.1, -0.05) is 18.2 Å². The third kappa shape index (κ3) is 8.07. The van der Waals surface area contributed by atoms with Gasteiger partial charge in [-0.3, -0.25) is 9.67 Å². The van der Waals surface area contributed by atoms with Gasteiger partial charge in [-0.25, -0.2) is 0 Å². The third-order valence-corrected chi connectivity index (χ3v) is 3.68. The molecule has 7 heteroatoms. The van der Waals surface area contributed by atoms with Gasteiger partial charge in [-0.2, -0.15) is 5.10 Å². The summed E-state index contributed by atoms with van der Waals surface area (Å²) in [5.74, 6) is 1.82. The van der Waals surface area contributed by atoms with Crippen LogP contribution in [0.2, 0.25) is 0 Å². The number of aliphatic imine (C=N–C) groups is 1. The minimum Gasteiger partial charge on any atom is -0.494 e.